The number of nitrogens with one attached hydrogen (secondary N) is 1. The topological polar surface area (TPSA) is 113 Å². The molecule has 2 N–H and O–H groups in total. The molecule has 0 bridgehead atoms. The predicted molar refractivity (Wildman–Crippen MR) is 121 cm³/mol. The highest BCUT2D eigenvalue weighted by atomic mass is 35.5. The predicted octanol–water partition coefficient (Wildman–Crippen LogP) is 3.19. The van der Waals surface area contributed by atoms with E-state index in [0.29, 0.717) is 5.02 Å². The molecule has 9 nitrogen and oxygen atoms in total. The Hall–Kier alpha value is -2.40. The van der Waals surface area contributed by atoms with Gasteiger partial charge in [-0.2, -0.15) is 0 Å². The molecular weight excluding hydrogens is 489 g/mol. The van der Waals surface area contributed by atoms with Crippen LogP contribution in [0, 0.1) is 0 Å². The summed E-state index contributed by atoms with van der Waals surface area (Å²) in [4.78, 5) is 23.3. The second kappa shape index (κ2) is 10.9. The Morgan fingerprint density at radius 2 is 1.91 bits per heavy atom. The lowest BCUT2D eigenvalue weighted by atomic mass is 9.95. The summed E-state index contributed by atoms with van der Waals surface area (Å²) >= 11 is 12.2. The number of ether oxygens (including phenoxy) is 5. The van der Waals surface area contributed by atoms with Crippen molar-refractivity contribution in [2.45, 2.75) is 43.9 Å². The molecule has 0 aliphatic carbocycles. The van der Waals surface area contributed by atoms with Crippen molar-refractivity contribution in [1.29, 1.82) is 0 Å². The van der Waals surface area contributed by atoms with E-state index in [-0.39, 0.29) is 17.4 Å². The van der Waals surface area contributed by atoms with Gasteiger partial charge in [0.15, 0.2) is 6.29 Å². The second-order valence-corrected chi connectivity index (χ2v) is 8.65. The minimum Gasteiger partial charge on any atom is -0.480 e. The zero-order valence-corrected chi connectivity index (χ0v) is 19.6. The molecule has 0 spiro atoms. The summed E-state index contributed by atoms with van der Waals surface area (Å²) in [6, 6.07) is 13.0. The molecule has 2 saturated heterocycles. The van der Waals surface area contributed by atoms with Crippen LogP contribution < -0.4 is 10.1 Å². The summed E-state index contributed by atoms with van der Waals surface area (Å²) in [6.45, 7) is 0.834. The Kier molecular flexibility index (Phi) is 7.92. The normalized spacial score (nSPS) is 28.6. The summed E-state index contributed by atoms with van der Waals surface area (Å²) in [5.41, 5.74) is 0.778. The van der Waals surface area contributed by atoms with Crippen molar-refractivity contribution in [3.8, 4) is 5.75 Å². The third-order valence-electron chi connectivity index (χ3n) is 5.32. The molecule has 2 heterocycles. The van der Waals surface area contributed by atoms with Gasteiger partial charge in [0, 0.05) is 17.5 Å². The molecule has 6 unspecified atom stereocenters. The van der Waals surface area contributed by atoms with Crippen LogP contribution in [-0.2, 0) is 28.5 Å². The van der Waals surface area contributed by atoms with E-state index in [2.05, 4.69) is 5.32 Å². The fourth-order valence-corrected chi connectivity index (χ4v) is 4.35. The number of hydrogen-bond donors (Lipinski definition) is 2. The number of rotatable bonds is 7. The van der Waals surface area contributed by atoms with Crippen molar-refractivity contribution in [1.82, 2.24) is 5.32 Å². The van der Waals surface area contributed by atoms with Gasteiger partial charge in [0.25, 0.3) is 0 Å². The number of carboxylic acid groups (broad SMARTS) is 1. The van der Waals surface area contributed by atoms with Gasteiger partial charge in [-0.15, -0.1) is 0 Å². The SMILES string of the molecule is CC(=O)NC1C(Oc2ccc(Cl)cc2Cl)OC2COC(c3ccccc3)OC2C1OCC(=O)O. The molecule has 34 heavy (non-hydrogen) atoms. The summed E-state index contributed by atoms with van der Waals surface area (Å²) in [5, 5.41) is 12.6. The molecule has 4 rings (SSSR count). The highest BCUT2D eigenvalue weighted by Crippen LogP contribution is 2.37. The first-order valence-corrected chi connectivity index (χ1v) is 11.3. The standard InChI is InChI=1S/C23H23Cl2NO8/c1-12(27)26-19-21(30-11-18(28)29)20-17(10-31-22(34-20)13-5-3-2-4-6-13)33-23(19)32-16-8-7-14(24)9-15(16)25/h2-9,17,19-23H,10-11H2,1H3,(H,26,27)(H,28,29). The van der Waals surface area contributed by atoms with Crippen LogP contribution in [0.25, 0.3) is 0 Å². The van der Waals surface area contributed by atoms with Gasteiger partial charge >= 0.3 is 5.97 Å². The molecular formula is C23H23Cl2NO8. The van der Waals surface area contributed by atoms with E-state index < -0.39 is 55.4 Å². The highest BCUT2D eigenvalue weighted by molar-refractivity contribution is 6.35. The van der Waals surface area contributed by atoms with Crippen LogP contribution in [0.2, 0.25) is 10.0 Å². The van der Waals surface area contributed by atoms with Crippen molar-refractivity contribution >= 4 is 35.1 Å². The first-order valence-electron chi connectivity index (χ1n) is 10.5. The monoisotopic (exact) mass is 511 g/mol. The number of halogens is 2. The van der Waals surface area contributed by atoms with Crippen LogP contribution in [0.5, 0.6) is 5.75 Å². The molecule has 2 aliphatic heterocycles. The van der Waals surface area contributed by atoms with Gasteiger partial charge in [0.1, 0.15) is 36.7 Å². The number of fused-ring (bicyclic) bond motifs is 1. The van der Waals surface area contributed by atoms with E-state index in [1.165, 1.54) is 13.0 Å². The van der Waals surface area contributed by atoms with Crippen LogP contribution in [0.4, 0.5) is 0 Å². The van der Waals surface area contributed by atoms with Crippen LogP contribution in [0.15, 0.2) is 48.5 Å². The number of benzene rings is 2. The number of carbonyl (C=O) groups excluding carboxylic acids is 1. The minimum absolute atomic E-state index is 0.123. The molecule has 2 aromatic carbocycles. The molecule has 182 valence electrons. The van der Waals surface area contributed by atoms with E-state index in [0.717, 1.165) is 5.56 Å². The largest absolute Gasteiger partial charge is 0.480 e. The lowest BCUT2D eigenvalue weighted by Gasteiger charge is -2.49. The van der Waals surface area contributed by atoms with Crippen molar-refractivity contribution in [3.63, 3.8) is 0 Å². The first kappa shape index (κ1) is 24.7. The van der Waals surface area contributed by atoms with Crippen molar-refractivity contribution < 1.29 is 38.4 Å². The maximum absolute atomic E-state index is 12.0. The number of aliphatic carboxylic acids is 1. The molecule has 2 fully saturated rings. The summed E-state index contributed by atoms with van der Waals surface area (Å²) in [6.07, 6.45) is -4.15. The average molecular weight is 512 g/mol. The smallest absolute Gasteiger partial charge is 0.329 e. The Balaban J connectivity index is 1.63. The molecule has 0 radical (unpaired) electrons. The van der Waals surface area contributed by atoms with Crippen LogP contribution in [0.3, 0.4) is 0 Å². The van der Waals surface area contributed by atoms with Gasteiger partial charge in [-0.25, -0.2) is 4.79 Å². The van der Waals surface area contributed by atoms with Gasteiger partial charge in [-0.05, 0) is 18.2 Å². The molecule has 6 atom stereocenters. The van der Waals surface area contributed by atoms with Crippen LogP contribution in [0.1, 0.15) is 18.8 Å². The number of amides is 1. The van der Waals surface area contributed by atoms with Crippen molar-refractivity contribution in [3.05, 3.63) is 64.1 Å². The van der Waals surface area contributed by atoms with E-state index in [4.69, 9.17) is 46.9 Å². The van der Waals surface area contributed by atoms with E-state index in [9.17, 15) is 14.7 Å². The maximum atomic E-state index is 12.0. The second-order valence-electron chi connectivity index (χ2n) is 7.81. The van der Waals surface area contributed by atoms with Gasteiger partial charge in [-0.1, -0.05) is 53.5 Å². The average Bonchev–Trinajstić information content (AvgIpc) is 2.80. The molecule has 11 heteroatoms. The summed E-state index contributed by atoms with van der Waals surface area (Å²) < 4.78 is 29.8. The molecule has 0 aromatic heterocycles. The third kappa shape index (κ3) is 5.80. The van der Waals surface area contributed by atoms with Crippen molar-refractivity contribution in [2.75, 3.05) is 13.2 Å². The fourth-order valence-electron chi connectivity index (χ4n) is 3.90. The highest BCUT2D eigenvalue weighted by Gasteiger charge is 2.52. The number of carbonyl (C=O) groups is 2. The Labute approximate surface area is 205 Å². The molecule has 2 aromatic rings. The minimum atomic E-state index is -1.17. The van der Waals surface area contributed by atoms with Gasteiger partial charge in [-0.3, -0.25) is 4.79 Å². The van der Waals surface area contributed by atoms with Gasteiger partial charge in [0.05, 0.1) is 11.6 Å². The summed E-state index contributed by atoms with van der Waals surface area (Å²) in [7, 11) is 0. The molecule has 0 saturated carbocycles. The van der Waals surface area contributed by atoms with Crippen LogP contribution in [-0.4, -0.2) is 60.8 Å². The Morgan fingerprint density at radius 1 is 1.15 bits per heavy atom. The van der Waals surface area contributed by atoms with E-state index >= 15 is 0 Å². The number of carboxylic acids is 1. The zero-order chi connectivity index (χ0) is 24.2. The van der Waals surface area contributed by atoms with Crippen LogP contribution >= 0.6 is 23.2 Å². The van der Waals surface area contributed by atoms with Gasteiger partial charge in [0.2, 0.25) is 12.2 Å². The number of hydrogen-bond acceptors (Lipinski definition) is 7. The molecule has 1 amide bonds. The van der Waals surface area contributed by atoms with Gasteiger partial charge < -0.3 is 34.1 Å². The summed E-state index contributed by atoms with van der Waals surface area (Å²) in [5.74, 6) is -1.30. The lowest BCUT2D eigenvalue weighted by molar-refractivity contribution is -0.337. The maximum Gasteiger partial charge on any atom is 0.329 e. The fraction of sp³-hybridized carbons (Fsp3) is 0.391. The molecule has 2 aliphatic rings. The Morgan fingerprint density at radius 3 is 2.59 bits per heavy atom. The van der Waals surface area contributed by atoms with E-state index in [1.54, 1.807) is 12.1 Å². The third-order valence-corrected chi connectivity index (χ3v) is 5.85. The first-order chi connectivity index (χ1) is 16.3. The Bertz CT molecular complexity index is 1020. The zero-order valence-electron chi connectivity index (χ0n) is 18.1. The quantitative estimate of drug-likeness (QED) is 0.582. The van der Waals surface area contributed by atoms with E-state index in [1.807, 2.05) is 30.3 Å². The van der Waals surface area contributed by atoms with Crippen molar-refractivity contribution in [2.24, 2.45) is 0 Å². The lowest BCUT2D eigenvalue weighted by Crippen LogP contribution is -2.68.